The van der Waals surface area contributed by atoms with Crippen LogP contribution >= 0.6 is 0 Å². The summed E-state index contributed by atoms with van der Waals surface area (Å²) in [6.07, 6.45) is 4.43. The minimum absolute atomic E-state index is 0.162. The predicted molar refractivity (Wildman–Crippen MR) is 83.3 cm³/mol. The van der Waals surface area contributed by atoms with E-state index < -0.39 is 10.0 Å². The fourth-order valence-electron chi connectivity index (χ4n) is 2.56. The molecule has 0 saturated heterocycles. The topological polar surface area (TPSA) is 85.5 Å². The predicted octanol–water partition coefficient (Wildman–Crippen LogP) is 1.75. The molecule has 0 aliphatic carbocycles. The quantitative estimate of drug-likeness (QED) is 0.798. The minimum Gasteiger partial charge on any atom is -0.486 e. The second-order valence-electron chi connectivity index (χ2n) is 5.41. The SMILES string of the molecule is CCCS(=O)(=O)N1CCc2onc(COc3cccnc3)c2C1. The summed E-state index contributed by atoms with van der Waals surface area (Å²) in [6, 6.07) is 3.59. The van der Waals surface area contributed by atoms with Gasteiger partial charge in [0.15, 0.2) is 0 Å². The van der Waals surface area contributed by atoms with Gasteiger partial charge in [0.05, 0.1) is 11.9 Å². The molecule has 0 atom stereocenters. The molecule has 124 valence electrons. The summed E-state index contributed by atoms with van der Waals surface area (Å²) in [5, 5.41) is 4.03. The Bertz CT molecular complexity index is 758. The molecule has 0 amide bonds. The first-order valence-corrected chi connectivity index (χ1v) is 9.18. The standard InChI is InChI=1S/C15H19N3O4S/c1-2-8-23(19,20)18-7-5-15-13(10-18)14(17-22-15)11-21-12-4-3-6-16-9-12/h3-4,6,9H,2,5,7-8,10-11H2,1H3. The van der Waals surface area contributed by atoms with Crippen molar-refractivity contribution in [2.45, 2.75) is 32.9 Å². The highest BCUT2D eigenvalue weighted by atomic mass is 32.2. The fourth-order valence-corrected chi connectivity index (χ4v) is 4.03. The van der Waals surface area contributed by atoms with Gasteiger partial charge < -0.3 is 9.26 Å². The molecule has 3 rings (SSSR count). The van der Waals surface area contributed by atoms with E-state index in [1.165, 1.54) is 4.31 Å². The van der Waals surface area contributed by atoms with Gasteiger partial charge in [0, 0.05) is 31.3 Å². The first kappa shape index (κ1) is 15.9. The van der Waals surface area contributed by atoms with Gasteiger partial charge in [-0.2, -0.15) is 4.31 Å². The van der Waals surface area contributed by atoms with Crippen LogP contribution in [0.15, 0.2) is 29.0 Å². The molecular weight excluding hydrogens is 318 g/mol. The lowest BCUT2D eigenvalue weighted by Gasteiger charge is -2.25. The van der Waals surface area contributed by atoms with E-state index in [0.717, 1.165) is 11.3 Å². The van der Waals surface area contributed by atoms with Crippen LogP contribution in [0.3, 0.4) is 0 Å². The van der Waals surface area contributed by atoms with E-state index in [1.807, 2.05) is 6.92 Å². The number of aromatic nitrogens is 2. The average Bonchev–Trinajstić information content (AvgIpc) is 2.96. The molecule has 0 unspecified atom stereocenters. The monoisotopic (exact) mass is 337 g/mol. The van der Waals surface area contributed by atoms with Crippen LogP contribution in [0.5, 0.6) is 5.75 Å². The number of nitrogens with zero attached hydrogens (tertiary/aromatic N) is 3. The Hall–Kier alpha value is -1.93. The van der Waals surface area contributed by atoms with Crippen molar-refractivity contribution in [1.82, 2.24) is 14.4 Å². The number of fused-ring (bicyclic) bond motifs is 1. The minimum atomic E-state index is -3.22. The van der Waals surface area contributed by atoms with Crippen LogP contribution in [0.2, 0.25) is 0 Å². The summed E-state index contributed by atoms with van der Waals surface area (Å²) < 4.78 is 37.0. The molecule has 1 aliphatic heterocycles. The third-order valence-electron chi connectivity index (χ3n) is 3.74. The van der Waals surface area contributed by atoms with Crippen molar-refractivity contribution < 1.29 is 17.7 Å². The zero-order valence-electron chi connectivity index (χ0n) is 12.9. The van der Waals surface area contributed by atoms with E-state index in [9.17, 15) is 8.42 Å². The average molecular weight is 337 g/mol. The molecule has 1 aliphatic rings. The van der Waals surface area contributed by atoms with Crippen LogP contribution in [0.25, 0.3) is 0 Å². The normalized spacial score (nSPS) is 15.3. The smallest absolute Gasteiger partial charge is 0.214 e. The molecule has 23 heavy (non-hydrogen) atoms. The molecule has 0 fully saturated rings. The Morgan fingerprint density at radius 1 is 1.43 bits per heavy atom. The van der Waals surface area contributed by atoms with Crippen molar-refractivity contribution >= 4 is 10.0 Å². The summed E-state index contributed by atoms with van der Waals surface area (Å²) in [6.45, 7) is 2.83. The van der Waals surface area contributed by atoms with E-state index in [1.54, 1.807) is 24.5 Å². The number of sulfonamides is 1. The van der Waals surface area contributed by atoms with Crippen molar-refractivity contribution in [3.05, 3.63) is 41.5 Å². The van der Waals surface area contributed by atoms with Crippen LogP contribution in [0.1, 0.15) is 30.4 Å². The molecule has 0 radical (unpaired) electrons. The Morgan fingerprint density at radius 2 is 2.30 bits per heavy atom. The summed E-state index contributed by atoms with van der Waals surface area (Å²) in [4.78, 5) is 3.98. The van der Waals surface area contributed by atoms with Crippen molar-refractivity contribution in [2.24, 2.45) is 0 Å². The lowest BCUT2D eigenvalue weighted by Crippen LogP contribution is -2.37. The van der Waals surface area contributed by atoms with E-state index in [0.29, 0.717) is 37.4 Å². The van der Waals surface area contributed by atoms with E-state index in [-0.39, 0.29) is 12.4 Å². The number of rotatable bonds is 6. The van der Waals surface area contributed by atoms with Crippen LogP contribution < -0.4 is 4.74 Å². The second-order valence-corrected chi connectivity index (χ2v) is 7.50. The van der Waals surface area contributed by atoms with Gasteiger partial charge in [-0.3, -0.25) is 4.98 Å². The number of hydrogen-bond acceptors (Lipinski definition) is 6. The highest BCUT2D eigenvalue weighted by Crippen LogP contribution is 2.25. The van der Waals surface area contributed by atoms with Crippen LogP contribution in [0.4, 0.5) is 0 Å². The maximum Gasteiger partial charge on any atom is 0.214 e. The maximum atomic E-state index is 12.2. The Labute approximate surface area is 135 Å². The number of hydrogen-bond donors (Lipinski definition) is 0. The highest BCUT2D eigenvalue weighted by molar-refractivity contribution is 7.89. The zero-order valence-corrected chi connectivity index (χ0v) is 13.8. The van der Waals surface area contributed by atoms with Crippen molar-refractivity contribution in [3.63, 3.8) is 0 Å². The van der Waals surface area contributed by atoms with Gasteiger partial charge in [0.25, 0.3) is 0 Å². The Kier molecular flexibility index (Phi) is 4.63. The van der Waals surface area contributed by atoms with Gasteiger partial charge >= 0.3 is 0 Å². The third-order valence-corrected chi connectivity index (χ3v) is 5.76. The third kappa shape index (κ3) is 3.53. The molecule has 0 saturated carbocycles. The lowest BCUT2D eigenvalue weighted by atomic mass is 10.1. The van der Waals surface area contributed by atoms with E-state index >= 15 is 0 Å². The van der Waals surface area contributed by atoms with Gasteiger partial charge in [-0.25, -0.2) is 8.42 Å². The van der Waals surface area contributed by atoms with E-state index in [4.69, 9.17) is 9.26 Å². The fraction of sp³-hybridized carbons (Fsp3) is 0.467. The molecule has 7 nitrogen and oxygen atoms in total. The summed E-state index contributed by atoms with van der Waals surface area (Å²) in [7, 11) is -3.22. The number of pyridine rings is 1. The highest BCUT2D eigenvalue weighted by Gasteiger charge is 2.30. The molecule has 0 aromatic carbocycles. The summed E-state index contributed by atoms with van der Waals surface area (Å²) in [5.41, 5.74) is 1.46. The Morgan fingerprint density at radius 3 is 3.04 bits per heavy atom. The van der Waals surface area contributed by atoms with Crippen molar-refractivity contribution in [2.75, 3.05) is 12.3 Å². The molecule has 0 bridgehead atoms. The lowest BCUT2D eigenvalue weighted by molar-refractivity contribution is 0.286. The van der Waals surface area contributed by atoms with Crippen LogP contribution in [0, 0.1) is 0 Å². The van der Waals surface area contributed by atoms with Gasteiger partial charge in [0.1, 0.15) is 23.8 Å². The van der Waals surface area contributed by atoms with Crippen LogP contribution in [-0.2, 0) is 29.6 Å². The van der Waals surface area contributed by atoms with E-state index in [2.05, 4.69) is 10.1 Å². The van der Waals surface area contributed by atoms with Crippen molar-refractivity contribution in [3.8, 4) is 5.75 Å². The molecule has 8 heteroatoms. The van der Waals surface area contributed by atoms with Gasteiger partial charge in [0.2, 0.25) is 10.0 Å². The first-order valence-electron chi connectivity index (χ1n) is 7.57. The largest absolute Gasteiger partial charge is 0.486 e. The Balaban J connectivity index is 1.73. The maximum absolute atomic E-state index is 12.2. The first-order chi connectivity index (χ1) is 11.1. The molecule has 2 aromatic rings. The molecule has 0 spiro atoms. The zero-order chi connectivity index (χ0) is 16.3. The molecule has 3 heterocycles. The molecule has 2 aromatic heterocycles. The second kappa shape index (κ2) is 6.67. The number of ether oxygens (including phenoxy) is 1. The molecular formula is C15H19N3O4S. The van der Waals surface area contributed by atoms with Crippen LogP contribution in [-0.4, -0.2) is 35.2 Å². The van der Waals surface area contributed by atoms with Gasteiger partial charge in [-0.05, 0) is 18.6 Å². The molecule has 0 N–H and O–H groups in total. The van der Waals surface area contributed by atoms with Gasteiger partial charge in [-0.1, -0.05) is 12.1 Å². The summed E-state index contributed by atoms with van der Waals surface area (Å²) >= 11 is 0. The summed E-state index contributed by atoms with van der Waals surface area (Å²) in [5.74, 6) is 1.54. The van der Waals surface area contributed by atoms with Crippen molar-refractivity contribution in [1.29, 1.82) is 0 Å². The van der Waals surface area contributed by atoms with Gasteiger partial charge in [-0.15, -0.1) is 0 Å².